The largest absolute Gasteiger partial charge is 0.462 e. The quantitative estimate of drug-likeness (QED) is 0.443. The molecule has 3 fully saturated rings. The molecule has 0 spiro atoms. The average Bonchev–Trinajstić information content (AvgIpc) is 3.53. The second-order valence-electron chi connectivity index (χ2n) is 8.68. The molecule has 1 heterocycles. The van der Waals surface area contributed by atoms with Gasteiger partial charge >= 0.3 is 5.97 Å². The van der Waals surface area contributed by atoms with Gasteiger partial charge in [0, 0.05) is 5.69 Å². The molecule has 30 heavy (non-hydrogen) atoms. The Bertz CT molecular complexity index is 917. The number of amides is 3. The van der Waals surface area contributed by atoms with Gasteiger partial charge in [-0.2, -0.15) is 0 Å². The molecule has 1 aromatic carbocycles. The van der Waals surface area contributed by atoms with E-state index in [0.717, 1.165) is 17.7 Å². The fourth-order valence-electron chi connectivity index (χ4n) is 5.49. The molecule has 156 valence electrons. The number of esters is 1. The van der Waals surface area contributed by atoms with Gasteiger partial charge in [0.2, 0.25) is 17.7 Å². The number of hydrogen-bond donors (Lipinski definition) is 1. The Morgan fingerprint density at radius 1 is 1.03 bits per heavy atom. The van der Waals surface area contributed by atoms with Crippen molar-refractivity contribution in [1.82, 2.24) is 4.90 Å². The van der Waals surface area contributed by atoms with Crippen molar-refractivity contribution in [2.24, 2.45) is 35.5 Å². The van der Waals surface area contributed by atoms with Crippen LogP contribution in [0.1, 0.15) is 30.1 Å². The first-order chi connectivity index (χ1) is 14.5. The van der Waals surface area contributed by atoms with E-state index in [4.69, 9.17) is 4.74 Å². The molecule has 1 N–H and O–H groups in total. The zero-order chi connectivity index (χ0) is 21.0. The van der Waals surface area contributed by atoms with E-state index in [1.807, 2.05) is 6.92 Å². The van der Waals surface area contributed by atoms with E-state index in [0.29, 0.717) is 29.7 Å². The van der Waals surface area contributed by atoms with Crippen molar-refractivity contribution in [3.8, 4) is 0 Å². The molecule has 0 aromatic heterocycles. The van der Waals surface area contributed by atoms with E-state index in [-0.39, 0.29) is 42.0 Å². The highest BCUT2D eigenvalue weighted by Gasteiger charge is 2.67. The Morgan fingerprint density at radius 2 is 1.63 bits per heavy atom. The van der Waals surface area contributed by atoms with Crippen molar-refractivity contribution in [3.63, 3.8) is 0 Å². The first-order valence-corrected chi connectivity index (χ1v) is 10.6. The molecule has 1 aromatic rings. The van der Waals surface area contributed by atoms with Crippen molar-refractivity contribution in [2.45, 2.75) is 19.8 Å². The molecule has 6 atom stereocenters. The predicted molar refractivity (Wildman–Crippen MR) is 107 cm³/mol. The monoisotopic (exact) mass is 408 g/mol. The lowest BCUT2D eigenvalue weighted by Crippen LogP contribution is -2.40. The highest BCUT2D eigenvalue weighted by atomic mass is 16.5. The van der Waals surface area contributed by atoms with Gasteiger partial charge in [-0.1, -0.05) is 19.1 Å². The lowest BCUT2D eigenvalue weighted by atomic mass is 9.63. The molecule has 7 heteroatoms. The van der Waals surface area contributed by atoms with Gasteiger partial charge in [-0.15, -0.1) is 0 Å². The number of nitrogens with zero attached hydrogens (tertiary/aromatic N) is 1. The topological polar surface area (TPSA) is 92.8 Å². The number of rotatable bonds is 6. The standard InChI is InChI=1S/C23H24N2O5/c1-2-9-30-23(29)12-3-5-13(6-4-12)24-18(26)11-25-21(27)19-14-7-8-15(17-10-16(14)17)20(19)22(25)28/h3-8,14-17,19-20H,2,9-11H2,1H3,(H,24,26)/t14-,15-,16-,17-,19+,20+/m1/s1. The second-order valence-corrected chi connectivity index (χ2v) is 8.68. The summed E-state index contributed by atoms with van der Waals surface area (Å²) in [6.07, 6.45) is 6.08. The van der Waals surface area contributed by atoms with Crippen LogP contribution in [-0.2, 0) is 19.1 Å². The van der Waals surface area contributed by atoms with E-state index in [1.165, 1.54) is 0 Å². The number of ether oxygens (including phenoxy) is 1. The fraction of sp³-hybridized carbons (Fsp3) is 0.478. The van der Waals surface area contributed by atoms with Gasteiger partial charge in [-0.25, -0.2) is 4.79 Å². The summed E-state index contributed by atoms with van der Waals surface area (Å²) < 4.78 is 5.08. The van der Waals surface area contributed by atoms with E-state index in [2.05, 4.69) is 17.5 Å². The van der Waals surface area contributed by atoms with Crippen LogP contribution in [0.3, 0.4) is 0 Å². The van der Waals surface area contributed by atoms with Gasteiger partial charge in [0.1, 0.15) is 6.54 Å². The van der Waals surface area contributed by atoms with E-state index >= 15 is 0 Å². The molecule has 5 aliphatic rings. The van der Waals surface area contributed by atoms with Crippen molar-refractivity contribution in [2.75, 3.05) is 18.5 Å². The molecule has 2 saturated carbocycles. The third-order valence-corrected chi connectivity index (χ3v) is 6.90. The summed E-state index contributed by atoms with van der Waals surface area (Å²) in [4.78, 5) is 51.4. The number of likely N-dealkylation sites (tertiary alicyclic amines) is 1. The Balaban J connectivity index is 1.22. The maximum Gasteiger partial charge on any atom is 0.338 e. The van der Waals surface area contributed by atoms with Crippen LogP contribution in [0, 0.1) is 35.5 Å². The summed E-state index contributed by atoms with van der Waals surface area (Å²) in [7, 11) is 0. The molecule has 1 aliphatic heterocycles. The maximum atomic E-state index is 12.9. The van der Waals surface area contributed by atoms with Crippen LogP contribution in [0.15, 0.2) is 36.4 Å². The van der Waals surface area contributed by atoms with Crippen LogP contribution in [0.4, 0.5) is 5.69 Å². The Labute approximate surface area is 174 Å². The van der Waals surface area contributed by atoms with Crippen molar-refractivity contribution < 1.29 is 23.9 Å². The van der Waals surface area contributed by atoms with Crippen LogP contribution in [0.5, 0.6) is 0 Å². The third kappa shape index (κ3) is 2.95. The summed E-state index contributed by atoms with van der Waals surface area (Å²) in [5.74, 6) is -0.477. The lowest BCUT2D eigenvalue weighted by Gasteiger charge is -2.37. The smallest absolute Gasteiger partial charge is 0.338 e. The molecule has 0 unspecified atom stereocenters. The van der Waals surface area contributed by atoms with Crippen LogP contribution in [0.25, 0.3) is 0 Å². The van der Waals surface area contributed by atoms with Crippen LogP contribution in [0.2, 0.25) is 0 Å². The average molecular weight is 408 g/mol. The Kier molecular flexibility index (Phi) is 4.49. The molecule has 7 nitrogen and oxygen atoms in total. The minimum atomic E-state index is -0.429. The molecule has 2 bridgehead atoms. The predicted octanol–water partition coefficient (Wildman–Crippen LogP) is 2.25. The molecule has 6 rings (SSSR count). The van der Waals surface area contributed by atoms with Gasteiger partial charge in [-0.05, 0) is 60.8 Å². The molecule has 0 radical (unpaired) electrons. The molecular weight excluding hydrogens is 384 g/mol. The van der Waals surface area contributed by atoms with Gasteiger partial charge < -0.3 is 10.1 Å². The summed E-state index contributed by atoms with van der Waals surface area (Å²) in [5.41, 5.74) is 0.892. The summed E-state index contributed by atoms with van der Waals surface area (Å²) in [6.45, 7) is 2.00. The first kappa shape index (κ1) is 19.0. The zero-order valence-corrected chi connectivity index (χ0v) is 16.7. The summed E-state index contributed by atoms with van der Waals surface area (Å²) >= 11 is 0. The summed E-state index contributed by atoms with van der Waals surface area (Å²) in [6, 6.07) is 6.35. The van der Waals surface area contributed by atoms with Gasteiger partial charge in [-0.3, -0.25) is 19.3 Å². The number of anilines is 1. The Hall–Kier alpha value is -2.96. The number of benzene rings is 1. The van der Waals surface area contributed by atoms with Gasteiger partial charge in [0.05, 0.1) is 24.0 Å². The number of nitrogens with one attached hydrogen (secondary N) is 1. The summed E-state index contributed by atoms with van der Waals surface area (Å²) in [5, 5.41) is 2.70. The van der Waals surface area contributed by atoms with Gasteiger partial charge in [0.15, 0.2) is 0 Å². The van der Waals surface area contributed by atoms with Crippen molar-refractivity contribution in [1.29, 1.82) is 0 Å². The first-order valence-electron chi connectivity index (χ1n) is 10.6. The van der Waals surface area contributed by atoms with Crippen molar-refractivity contribution in [3.05, 3.63) is 42.0 Å². The normalized spacial score (nSPS) is 32.6. The highest BCUT2D eigenvalue weighted by Crippen LogP contribution is 2.65. The lowest BCUT2D eigenvalue weighted by molar-refractivity contribution is -0.142. The minimum absolute atomic E-state index is 0.148. The maximum absolute atomic E-state index is 12.9. The number of hydrogen-bond acceptors (Lipinski definition) is 5. The number of carbonyl (C=O) groups is 4. The fourth-order valence-corrected chi connectivity index (χ4v) is 5.49. The molecule has 4 aliphatic carbocycles. The van der Waals surface area contributed by atoms with E-state index in [1.54, 1.807) is 24.3 Å². The van der Waals surface area contributed by atoms with E-state index in [9.17, 15) is 19.2 Å². The molecule has 3 amide bonds. The molecule has 1 saturated heterocycles. The SMILES string of the molecule is CCCOC(=O)c1ccc(NC(=O)CN2C(=O)[C@H]3[C@@H]4C=C[C@H]([C@H]5C[C@H]45)[C@@H]3C2=O)cc1. The van der Waals surface area contributed by atoms with Crippen LogP contribution >= 0.6 is 0 Å². The number of allylic oxidation sites excluding steroid dienone is 2. The zero-order valence-electron chi connectivity index (χ0n) is 16.7. The number of carbonyl (C=O) groups excluding carboxylic acids is 4. The highest BCUT2D eigenvalue weighted by molar-refractivity contribution is 6.09. The number of imide groups is 1. The van der Waals surface area contributed by atoms with Crippen molar-refractivity contribution >= 4 is 29.4 Å². The molecular formula is C23H24N2O5. The Morgan fingerprint density at radius 3 is 2.20 bits per heavy atom. The van der Waals surface area contributed by atoms with Crippen LogP contribution < -0.4 is 5.32 Å². The second kappa shape index (κ2) is 7.07. The van der Waals surface area contributed by atoms with E-state index < -0.39 is 11.9 Å². The minimum Gasteiger partial charge on any atom is -0.462 e. The third-order valence-electron chi connectivity index (χ3n) is 6.90. The van der Waals surface area contributed by atoms with Crippen LogP contribution in [-0.4, -0.2) is 41.7 Å². The van der Waals surface area contributed by atoms with Gasteiger partial charge in [0.25, 0.3) is 0 Å².